The summed E-state index contributed by atoms with van der Waals surface area (Å²) in [6.07, 6.45) is 6.75. The second-order valence-electron chi connectivity index (χ2n) is 5.23. The smallest absolute Gasteiger partial charge is 0.119 e. The van der Waals surface area contributed by atoms with Crippen LogP contribution in [0, 0.1) is 24.7 Å². The Morgan fingerprint density at radius 2 is 2.05 bits per heavy atom. The molecule has 1 fully saturated rings. The maximum Gasteiger partial charge on any atom is 0.119 e. The molecule has 0 unspecified atom stereocenters. The number of ether oxygens (including phenoxy) is 1. The van der Waals surface area contributed by atoms with Gasteiger partial charge in [-0.15, -0.1) is 11.6 Å². The van der Waals surface area contributed by atoms with E-state index in [0.29, 0.717) is 5.88 Å². The van der Waals surface area contributed by atoms with E-state index >= 15 is 0 Å². The molecule has 0 saturated heterocycles. The molecule has 1 aromatic rings. The second kappa shape index (κ2) is 7.46. The average molecular weight is 277 g/mol. The minimum absolute atomic E-state index is 0.374. The first-order valence-corrected chi connectivity index (χ1v) is 7.61. The summed E-state index contributed by atoms with van der Waals surface area (Å²) in [5.74, 6) is 8.01. The first kappa shape index (κ1) is 14.3. The molecule has 0 atom stereocenters. The van der Waals surface area contributed by atoms with Crippen molar-refractivity contribution >= 4 is 11.6 Å². The van der Waals surface area contributed by atoms with E-state index in [0.717, 1.165) is 29.4 Å². The molecule has 2 rings (SSSR count). The van der Waals surface area contributed by atoms with Gasteiger partial charge in [-0.2, -0.15) is 0 Å². The first-order valence-electron chi connectivity index (χ1n) is 7.08. The molecular weight excluding hydrogens is 256 g/mol. The summed E-state index contributed by atoms with van der Waals surface area (Å²) in [7, 11) is 0. The zero-order valence-electron chi connectivity index (χ0n) is 11.5. The van der Waals surface area contributed by atoms with Gasteiger partial charge in [-0.1, -0.05) is 31.1 Å². The number of halogens is 1. The number of rotatable bonds is 3. The summed E-state index contributed by atoms with van der Waals surface area (Å²) >= 11 is 5.57. The van der Waals surface area contributed by atoms with Crippen molar-refractivity contribution in [3.05, 3.63) is 29.3 Å². The third-order valence-corrected chi connectivity index (χ3v) is 3.83. The van der Waals surface area contributed by atoms with E-state index in [1.165, 1.54) is 32.1 Å². The van der Waals surface area contributed by atoms with Crippen molar-refractivity contribution in [3.8, 4) is 17.6 Å². The number of alkyl halides is 1. The first-order chi connectivity index (χ1) is 9.29. The normalized spacial score (nSPS) is 15.7. The number of hydrogen-bond acceptors (Lipinski definition) is 1. The Hall–Kier alpha value is -1.13. The summed E-state index contributed by atoms with van der Waals surface area (Å²) < 4.78 is 5.91. The number of benzene rings is 1. The molecule has 0 amide bonds. The molecule has 0 radical (unpaired) electrons. The van der Waals surface area contributed by atoms with Gasteiger partial charge in [-0.3, -0.25) is 0 Å². The van der Waals surface area contributed by atoms with Gasteiger partial charge in [0.2, 0.25) is 0 Å². The van der Waals surface area contributed by atoms with Crippen LogP contribution in [0.25, 0.3) is 0 Å². The van der Waals surface area contributed by atoms with Gasteiger partial charge in [0, 0.05) is 5.56 Å². The highest BCUT2D eigenvalue weighted by atomic mass is 35.5. The summed E-state index contributed by atoms with van der Waals surface area (Å²) in [6, 6.07) is 6.10. The van der Waals surface area contributed by atoms with Crippen LogP contribution >= 0.6 is 11.6 Å². The molecule has 0 aromatic heterocycles. The Labute approximate surface area is 121 Å². The van der Waals surface area contributed by atoms with Crippen LogP contribution in [0.15, 0.2) is 18.2 Å². The molecule has 1 aliphatic carbocycles. The highest BCUT2D eigenvalue weighted by molar-refractivity contribution is 6.19. The zero-order chi connectivity index (χ0) is 13.5. The van der Waals surface area contributed by atoms with Gasteiger partial charge >= 0.3 is 0 Å². The van der Waals surface area contributed by atoms with Gasteiger partial charge in [0.05, 0.1) is 12.5 Å². The molecule has 0 N–H and O–H groups in total. The molecule has 1 nitrogen and oxygen atoms in total. The third-order valence-electron chi connectivity index (χ3n) is 3.70. The number of hydrogen-bond donors (Lipinski definition) is 0. The van der Waals surface area contributed by atoms with Crippen molar-refractivity contribution < 1.29 is 4.74 Å². The highest BCUT2D eigenvalue weighted by Gasteiger charge is 2.13. The van der Waals surface area contributed by atoms with Crippen LogP contribution in [0.3, 0.4) is 0 Å². The Bertz CT molecular complexity index is 464. The fourth-order valence-corrected chi connectivity index (χ4v) is 2.63. The van der Waals surface area contributed by atoms with Crippen molar-refractivity contribution in [2.75, 3.05) is 12.5 Å². The molecule has 0 heterocycles. The molecule has 1 aliphatic rings. The Kier molecular flexibility index (Phi) is 5.61. The van der Waals surface area contributed by atoms with E-state index < -0.39 is 0 Å². The fraction of sp³-hybridized carbons (Fsp3) is 0.529. The van der Waals surface area contributed by atoms with Crippen LogP contribution in [0.1, 0.15) is 43.2 Å². The van der Waals surface area contributed by atoms with Crippen molar-refractivity contribution in [2.24, 2.45) is 5.92 Å². The van der Waals surface area contributed by atoms with Crippen LogP contribution in [-0.4, -0.2) is 12.5 Å². The lowest BCUT2D eigenvalue weighted by molar-refractivity contribution is 0.209. The van der Waals surface area contributed by atoms with Gasteiger partial charge in [0.15, 0.2) is 0 Å². The Morgan fingerprint density at radius 1 is 1.26 bits per heavy atom. The van der Waals surface area contributed by atoms with Crippen molar-refractivity contribution in [1.29, 1.82) is 0 Å². The predicted molar refractivity (Wildman–Crippen MR) is 80.8 cm³/mol. The van der Waals surface area contributed by atoms with Gasteiger partial charge in [0.25, 0.3) is 0 Å². The molecule has 0 bridgehead atoms. The molecule has 1 aromatic carbocycles. The van der Waals surface area contributed by atoms with Crippen molar-refractivity contribution in [3.63, 3.8) is 0 Å². The Balaban J connectivity index is 1.92. The third kappa shape index (κ3) is 4.48. The van der Waals surface area contributed by atoms with E-state index in [4.69, 9.17) is 16.3 Å². The highest BCUT2D eigenvalue weighted by Crippen LogP contribution is 2.25. The second-order valence-corrected chi connectivity index (χ2v) is 5.49. The number of aryl methyl sites for hydroxylation is 1. The minimum atomic E-state index is 0.374. The maximum atomic E-state index is 5.91. The van der Waals surface area contributed by atoms with E-state index in [-0.39, 0.29) is 0 Å². The minimum Gasteiger partial charge on any atom is -0.493 e. The van der Waals surface area contributed by atoms with E-state index in [2.05, 4.69) is 24.8 Å². The van der Waals surface area contributed by atoms with Crippen LogP contribution in [0.2, 0.25) is 0 Å². The molecule has 102 valence electrons. The molecule has 0 spiro atoms. The topological polar surface area (TPSA) is 9.23 Å². The lowest BCUT2D eigenvalue weighted by Gasteiger charge is -2.21. The lowest BCUT2D eigenvalue weighted by atomic mass is 9.90. The van der Waals surface area contributed by atoms with E-state index in [1.54, 1.807) is 0 Å². The van der Waals surface area contributed by atoms with Crippen LogP contribution in [0.5, 0.6) is 5.75 Å². The maximum absolute atomic E-state index is 5.91. The van der Waals surface area contributed by atoms with Gasteiger partial charge in [0.1, 0.15) is 5.75 Å². The lowest BCUT2D eigenvalue weighted by Crippen LogP contribution is -2.15. The standard InChI is InChI=1S/C17H21ClO/c1-14-12-17(10-9-16(14)8-5-11-18)19-13-15-6-3-2-4-7-15/h9-10,12,15H,2-4,6-7,11,13H2,1H3. The molecule has 1 saturated carbocycles. The summed E-state index contributed by atoms with van der Waals surface area (Å²) in [5.41, 5.74) is 2.18. The van der Waals surface area contributed by atoms with E-state index in [9.17, 15) is 0 Å². The monoisotopic (exact) mass is 276 g/mol. The van der Waals surface area contributed by atoms with Crippen LogP contribution < -0.4 is 4.74 Å². The van der Waals surface area contributed by atoms with Crippen LogP contribution in [-0.2, 0) is 0 Å². The van der Waals surface area contributed by atoms with Crippen molar-refractivity contribution in [1.82, 2.24) is 0 Å². The SMILES string of the molecule is Cc1cc(OCC2CCCCC2)ccc1C#CCCl. The summed E-state index contributed by atoms with van der Waals surface area (Å²) in [6.45, 7) is 2.91. The average Bonchev–Trinajstić information content (AvgIpc) is 2.45. The van der Waals surface area contributed by atoms with Crippen LogP contribution in [0.4, 0.5) is 0 Å². The Morgan fingerprint density at radius 3 is 2.74 bits per heavy atom. The van der Waals surface area contributed by atoms with Crippen molar-refractivity contribution in [2.45, 2.75) is 39.0 Å². The summed E-state index contributed by atoms with van der Waals surface area (Å²) in [5, 5.41) is 0. The summed E-state index contributed by atoms with van der Waals surface area (Å²) in [4.78, 5) is 0. The zero-order valence-corrected chi connectivity index (χ0v) is 12.3. The van der Waals surface area contributed by atoms with Gasteiger partial charge < -0.3 is 4.74 Å². The fourth-order valence-electron chi connectivity index (χ4n) is 2.56. The van der Waals surface area contributed by atoms with Gasteiger partial charge in [-0.05, 0) is 49.4 Å². The largest absolute Gasteiger partial charge is 0.493 e. The molecule has 19 heavy (non-hydrogen) atoms. The van der Waals surface area contributed by atoms with E-state index in [1.807, 2.05) is 12.1 Å². The quantitative estimate of drug-likeness (QED) is 0.582. The molecule has 2 heteroatoms. The molecular formula is C17H21ClO. The van der Waals surface area contributed by atoms with Gasteiger partial charge in [-0.25, -0.2) is 0 Å². The molecule has 0 aliphatic heterocycles. The predicted octanol–water partition coefficient (Wildman–Crippen LogP) is 4.54.